The molecule has 0 amide bonds. The summed E-state index contributed by atoms with van der Waals surface area (Å²) in [5, 5.41) is 12.5. The van der Waals surface area contributed by atoms with Gasteiger partial charge >= 0.3 is 0 Å². The molecule has 2 N–H and O–H groups in total. The maximum absolute atomic E-state index is 12.8. The second kappa shape index (κ2) is 3.86. The van der Waals surface area contributed by atoms with E-state index in [1.165, 1.54) is 12.1 Å². The number of hydrogen-bond acceptors (Lipinski definition) is 2. The fourth-order valence-electron chi connectivity index (χ4n) is 2.15. The zero-order valence-corrected chi connectivity index (χ0v) is 9.15. The summed E-state index contributed by atoms with van der Waals surface area (Å²) >= 11 is 0. The van der Waals surface area contributed by atoms with E-state index in [1.807, 2.05) is 18.2 Å². The quantitative estimate of drug-likeness (QED) is 0.788. The van der Waals surface area contributed by atoms with E-state index in [0.717, 1.165) is 22.4 Å². The number of nitrogens with one attached hydrogen (secondary N) is 1. The van der Waals surface area contributed by atoms with Gasteiger partial charge in [0.15, 0.2) is 0 Å². The van der Waals surface area contributed by atoms with Crippen LogP contribution < -0.4 is 5.32 Å². The summed E-state index contributed by atoms with van der Waals surface area (Å²) in [5.74, 6) is -0.233. The third-order valence-electron chi connectivity index (χ3n) is 3.02. The fraction of sp³-hybridized carbons (Fsp3) is 0.143. The molecule has 17 heavy (non-hydrogen) atoms. The van der Waals surface area contributed by atoms with Crippen LogP contribution in [0.25, 0.3) is 11.1 Å². The largest absolute Gasteiger partial charge is 0.373 e. The van der Waals surface area contributed by atoms with Crippen molar-refractivity contribution >= 4 is 5.69 Å². The second-order valence-corrected chi connectivity index (χ2v) is 4.24. The Kier molecular flexibility index (Phi) is 2.34. The minimum Gasteiger partial charge on any atom is -0.373 e. The van der Waals surface area contributed by atoms with Gasteiger partial charge in [-0.25, -0.2) is 4.39 Å². The van der Waals surface area contributed by atoms with Crippen LogP contribution in [0, 0.1) is 5.82 Å². The van der Waals surface area contributed by atoms with E-state index in [2.05, 4.69) is 5.32 Å². The van der Waals surface area contributed by atoms with E-state index in [9.17, 15) is 9.50 Å². The molecule has 0 bridgehead atoms. The zero-order valence-electron chi connectivity index (χ0n) is 9.15. The molecule has 2 nitrogen and oxygen atoms in total. The molecule has 2 aromatic rings. The lowest BCUT2D eigenvalue weighted by atomic mass is 10.0. The standard InChI is InChI=1S/C14H12FNO/c15-12-5-3-9(4-6-12)10-1-2-11-8-14(17)16-13(11)7-10/h1-7,14,16-17H,8H2. The van der Waals surface area contributed by atoms with Crippen LogP contribution >= 0.6 is 0 Å². The molecule has 1 atom stereocenters. The minimum atomic E-state index is -0.492. The highest BCUT2D eigenvalue weighted by Crippen LogP contribution is 2.30. The number of aliphatic hydroxyl groups is 1. The Balaban J connectivity index is 2.00. The number of fused-ring (bicyclic) bond motifs is 1. The first-order valence-corrected chi connectivity index (χ1v) is 5.56. The second-order valence-electron chi connectivity index (χ2n) is 4.24. The van der Waals surface area contributed by atoms with E-state index < -0.39 is 6.23 Å². The summed E-state index contributed by atoms with van der Waals surface area (Å²) in [5.41, 5.74) is 4.06. The highest BCUT2D eigenvalue weighted by Gasteiger charge is 2.18. The number of aliphatic hydroxyl groups excluding tert-OH is 1. The predicted octanol–water partition coefficient (Wildman–Crippen LogP) is 2.78. The molecule has 0 radical (unpaired) electrons. The molecule has 0 aliphatic carbocycles. The Hall–Kier alpha value is -1.87. The first-order chi connectivity index (χ1) is 8.22. The lowest BCUT2D eigenvalue weighted by molar-refractivity contribution is 0.212. The van der Waals surface area contributed by atoms with Crippen LogP contribution in [0.1, 0.15) is 5.56 Å². The summed E-state index contributed by atoms with van der Waals surface area (Å²) in [4.78, 5) is 0. The number of hydrogen-bond donors (Lipinski definition) is 2. The first kappa shape index (κ1) is 10.3. The predicted molar refractivity (Wildman–Crippen MR) is 65.2 cm³/mol. The molecule has 2 aromatic carbocycles. The monoisotopic (exact) mass is 229 g/mol. The van der Waals surface area contributed by atoms with Gasteiger partial charge in [0.05, 0.1) is 0 Å². The van der Waals surface area contributed by atoms with Crippen LogP contribution in [0.5, 0.6) is 0 Å². The molecule has 0 saturated heterocycles. The topological polar surface area (TPSA) is 32.3 Å². The number of rotatable bonds is 1. The lowest BCUT2D eigenvalue weighted by Gasteiger charge is -2.05. The molecular formula is C14H12FNO. The molecule has 1 aliphatic heterocycles. The van der Waals surface area contributed by atoms with E-state index >= 15 is 0 Å². The van der Waals surface area contributed by atoms with Gasteiger partial charge in [-0.05, 0) is 34.9 Å². The summed E-state index contributed by atoms with van der Waals surface area (Å²) < 4.78 is 12.8. The van der Waals surface area contributed by atoms with Crippen LogP contribution in [0.2, 0.25) is 0 Å². The lowest BCUT2D eigenvalue weighted by Crippen LogP contribution is -2.12. The minimum absolute atomic E-state index is 0.233. The van der Waals surface area contributed by atoms with Crippen LogP contribution in [0.15, 0.2) is 42.5 Å². The van der Waals surface area contributed by atoms with Crippen LogP contribution in [0.3, 0.4) is 0 Å². The highest BCUT2D eigenvalue weighted by atomic mass is 19.1. The van der Waals surface area contributed by atoms with Crippen LogP contribution in [-0.2, 0) is 6.42 Å². The molecule has 3 rings (SSSR count). The molecule has 0 spiro atoms. The zero-order chi connectivity index (χ0) is 11.8. The van der Waals surface area contributed by atoms with E-state index in [-0.39, 0.29) is 5.82 Å². The van der Waals surface area contributed by atoms with Crippen molar-refractivity contribution in [3.05, 3.63) is 53.8 Å². The smallest absolute Gasteiger partial charge is 0.128 e. The molecule has 1 heterocycles. The highest BCUT2D eigenvalue weighted by molar-refractivity contribution is 5.71. The van der Waals surface area contributed by atoms with E-state index in [0.29, 0.717) is 6.42 Å². The molecular weight excluding hydrogens is 217 g/mol. The summed E-state index contributed by atoms with van der Waals surface area (Å²) in [6, 6.07) is 12.4. The van der Waals surface area contributed by atoms with E-state index in [1.54, 1.807) is 12.1 Å². The normalized spacial score (nSPS) is 17.6. The van der Waals surface area contributed by atoms with Gasteiger partial charge in [-0.3, -0.25) is 0 Å². The van der Waals surface area contributed by atoms with Crippen molar-refractivity contribution in [2.24, 2.45) is 0 Å². The number of benzene rings is 2. The van der Waals surface area contributed by atoms with E-state index in [4.69, 9.17) is 0 Å². The van der Waals surface area contributed by atoms with Gasteiger partial charge in [0, 0.05) is 12.1 Å². The maximum Gasteiger partial charge on any atom is 0.128 e. The summed E-state index contributed by atoms with van der Waals surface area (Å²) in [6.45, 7) is 0. The Morgan fingerprint density at radius 1 is 1.06 bits per heavy atom. The Labute approximate surface area is 98.7 Å². The average molecular weight is 229 g/mol. The van der Waals surface area contributed by atoms with Crippen molar-refractivity contribution in [3.8, 4) is 11.1 Å². The van der Waals surface area contributed by atoms with Crippen molar-refractivity contribution < 1.29 is 9.50 Å². The third kappa shape index (κ3) is 1.89. The van der Waals surface area contributed by atoms with Crippen molar-refractivity contribution in [2.45, 2.75) is 12.6 Å². The molecule has 0 fully saturated rings. The van der Waals surface area contributed by atoms with Crippen molar-refractivity contribution in [3.63, 3.8) is 0 Å². The Morgan fingerprint density at radius 3 is 2.53 bits per heavy atom. The maximum atomic E-state index is 12.8. The van der Waals surface area contributed by atoms with Gasteiger partial charge in [-0.1, -0.05) is 24.3 Å². The van der Waals surface area contributed by atoms with Crippen molar-refractivity contribution in [1.82, 2.24) is 0 Å². The summed E-state index contributed by atoms with van der Waals surface area (Å²) in [7, 11) is 0. The van der Waals surface area contributed by atoms with Crippen molar-refractivity contribution in [2.75, 3.05) is 5.32 Å². The summed E-state index contributed by atoms with van der Waals surface area (Å²) in [6.07, 6.45) is 0.146. The van der Waals surface area contributed by atoms with Crippen LogP contribution in [-0.4, -0.2) is 11.3 Å². The molecule has 86 valence electrons. The number of anilines is 1. The first-order valence-electron chi connectivity index (χ1n) is 5.56. The van der Waals surface area contributed by atoms with Gasteiger partial charge in [0.25, 0.3) is 0 Å². The third-order valence-corrected chi connectivity index (χ3v) is 3.02. The molecule has 1 aliphatic rings. The van der Waals surface area contributed by atoms with Crippen LogP contribution in [0.4, 0.5) is 10.1 Å². The van der Waals surface area contributed by atoms with Gasteiger partial charge in [0.2, 0.25) is 0 Å². The molecule has 0 saturated carbocycles. The van der Waals surface area contributed by atoms with Gasteiger partial charge in [-0.15, -0.1) is 0 Å². The Morgan fingerprint density at radius 2 is 1.76 bits per heavy atom. The molecule has 0 aromatic heterocycles. The average Bonchev–Trinajstić information content (AvgIpc) is 2.69. The van der Waals surface area contributed by atoms with Gasteiger partial charge in [-0.2, -0.15) is 0 Å². The Bertz CT molecular complexity index is 551. The van der Waals surface area contributed by atoms with Gasteiger partial charge in [0.1, 0.15) is 12.0 Å². The number of halogens is 1. The van der Waals surface area contributed by atoms with Gasteiger partial charge < -0.3 is 10.4 Å². The SMILES string of the molecule is OC1Cc2ccc(-c3ccc(F)cc3)cc2N1. The fourth-order valence-corrected chi connectivity index (χ4v) is 2.15. The van der Waals surface area contributed by atoms with Crippen molar-refractivity contribution in [1.29, 1.82) is 0 Å². The molecule has 1 unspecified atom stereocenters. The molecule has 3 heteroatoms.